The highest BCUT2D eigenvalue weighted by Gasteiger charge is 2.25. The van der Waals surface area contributed by atoms with Crippen molar-refractivity contribution in [3.05, 3.63) is 17.9 Å². The number of halogens is 1. The average Bonchev–Trinajstić information content (AvgIpc) is 2.52. The fourth-order valence-electron chi connectivity index (χ4n) is 1.15. The molecule has 6 heteroatoms. The van der Waals surface area contributed by atoms with E-state index in [-0.39, 0.29) is 23.8 Å². The third-order valence-corrected chi connectivity index (χ3v) is 1.79. The van der Waals surface area contributed by atoms with Gasteiger partial charge in [-0.2, -0.15) is 0 Å². The van der Waals surface area contributed by atoms with Crippen molar-refractivity contribution >= 4 is 12.6 Å². The molecule has 68 valence electrons. The van der Waals surface area contributed by atoms with Crippen molar-refractivity contribution in [2.75, 3.05) is 6.79 Å². The third-order valence-electron chi connectivity index (χ3n) is 1.79. The Bertz CT molecular complexity index is 342. The van der Waals surface area contributed by atoms with Crippen molar-refractivity contribution in [1.82, 2.24) is 0 Å². The van der Waals surface area contributed by atoms with Gasteiger partial charge in [-0.1, -0.05) is 6.07 Å². The summed E-state index contributed by atoms with van der Waals surface area (Å²) in [5.74, 6) is -0.572. The first-order valence-corrected chi connectivity index (χ1v) is 3.64. The summed E-state index contributed by atoms with van der Waals surface area (Å²) in [6.07, 6.45) is 0. The zero-order chi connectivity index (χ0) is 9.42. The van der Waals surface area contributed by atoms with E-state index in [0.717, 1.165) is 0 Å². The molecule has 1 aliphatic rings. The summed E-state index contributed by atoms with van der Waals surface area (Å²) in [5.41, 5.74) is -0.218. The molecule has 1 aromatic carbocycles. The molecule has 1 aliphatic heterocycles. The molecule has 0 atom stereocenters. The van der Waals surface area contributed by atoms with Gasteiger partial charge in [-0.15, -0.1) is 0 Å². The number of fused-ring (bicyclic) bond motifs is 1. The van der Waals surface area contributed by atoms with Crippen LogP contribution in [0.2, 0.25) is 0 Å². The molecule has 4 nitrogen and oxygen atoms in total. The van der Waals surface area contributed by atoms with Crippen LogP contribution in [0, 0.1) is 5.82 Å². The van der Waals surface area contributed by atoms with Gasteiger partial charge in [-0.3, -0.25) is 0 Å². The Morgan fingerprint density at radius 3 is 2.77 bits per heavy atom. The molecule has 0 amide bonds. The van der Waals surface area contributed by atoms with Crippen LogP contribution in [0.25, 0.3) is 0 Å². The van der Waals surface area contributed by atoms with Gasteiger partial charge in [0.25, 0.3) is 0 Å². The Morgan fingerprint density at radius 2 is 2.08 bits per heavy atom. The van der Waals surface area contributed by atoms with Gasteiger partial charge in [0.2, 0.25) is 12.5 Å². The SMILES string of the molecule is OB(O)c1ccc2c(c1F)OCO2. The fourth-order valence-corrected chi connectivity index (χ4v) is 1.15. The molecule has 2 rings (SSSR count). The molecule has 0 spiro atoms. The molecular weight excluding hydrogens is 178 g/mol. The molecule has 0 unspecified atom stereocenters. The fraction of sp³-hybridized carbons (Fsp3) is 0.143. The monoisotopic (exact) mass is 184 g/mol. The lowest BCUT2D eigenvalue weighted by molar-refractivity contribution is 0.171. The quantitative estimate of drug-likeness (QED) is 0.562. The Hall–Kier alpha value is -1.27. The normalized spacial score (nSPS) is 13.2. The Labute approximate surface area is 73.7 Å². The van der Waals surface area contributed by atoms with Gasteiger partial charge >= 0.3 is 7.12 Å². The Balaban J connectivity index is 2.52. The highest BCUT2D eigenvalue weighted by atomic mass is 19.1. The lowest BCUT2D eigenvalue weighted by atomic mass is 9.79. The van der Waals surface area contributed by atoms with Crippen LogP contribution in [0.4, 0.5) is 4.39 Å². The van der Waals surface area contributed by atoms with Crippen LogP contribution in [0.15, 0.2) is 12.1 Å². The van der Waals surface area contributed by atoms with Crippen LogP contribution in [0.1, 0.15) is 0 Å². The maximum Gasteiger partial charge on any atom is 0.491 e. The minimum absolute atomic E-state index is 0.0444. The third kappa shape index (κ3) is 1.24. The maximum atomic E-state index is 13.3. The predicted molar refractivity (Wildman–Crippen MR) is 42.3 cm³/mol. The molecule has 0 aliphatic carbocycles. The summed E-state index contributed by atoms with van der Waals surface area (Å²) >= 11 is 0. The van der Waals surface area contributed by atoms with Gasteiger partial charge in [-0.25, -0.2) is 4.39 Å². The summed E-state index contributed by atoms with van der Waals surface area (Å²) in [5, 5.41) is 17.5. The first-order valence-electron chi connectivity index (χ1n) is 3.64. The van der Waals surface area contributed by atoms with Crippen LogP contribution in [0.3, 0.4) is 0 Å². The summed E-state index contributed by atoms with van der Waals surface area (Å²) in [7, 11) is -1.84. The molecule has 1 aromatic rings. The smallest absolute Gasteiger partial charge is 0.453 e. The van der Waals surface area contributed by atoms with Crippen LogP contribution >= 0.6 is 0 Å². The number of hydrogen-bond acceptors (Lipinski definition) is 4. The Morgan fingerprint density at radius 1 is 1.31 bits per heavy atom. The highest BCUT2D eigenvalue weighted by Crippen LogP contribution is 2.33. The molecular formula is C7H6BFO4. The Kier molecular flexibility index (Phi) is 1.86. The first kappa shape index (κ1) is 8.34. The van der Waals surface area contributed by atoms with E-state index in [9.17, 15) is 4.39 Å². The minimum Gasteiger partial charge on any atom is -0.453 e. The second-order valence-corrected chi connectivity index (χ2v) is 2.58. The molecule has 13 heavy (non-hydrogen) atoms. The van der Waals surface area contributed by atoms with Crippen molar-refractivity contribution in [3.8, 4) is 11.5 Å². The minimum atomic E-state index is -1.84. The van der Waals surface area contributed by atoms with Gasteiger partial charge in [0.15, 0.2) is 11.6 Å². The van der Waals surface area contributed by atoms with Gasteiger partial charge in [-0.05, 0) is 6.07 Å². The predicted octanol–water partition coefficient (Wildman–Crippen LogP) is -0.766. The van der Waals surface area contributed by atoms with Crippen LogP contribution in [-0.4, -0.2) is 24.0 Å². The standard InChI is InChI=1S/C7H6BFO4/c9-6-4(8(10)11)1-2-5-7(6)13-3-12-5/h1-2,10-11H,3H2. The van der Waals surface area contributed by atoms with Crippen LogP contribution < -0.4 is 14.9 Å². The summed E-state index contributed by atoms with van der Waals surface area (Å²) in [4.78, 5) is 0. The van der Waals surface area contributed by atoms with E-state index in [2.05, 4.69) is 0 Å². The lowest BCUT2D eigenvalue weighted by Crippen LogP contribution is -2.32. The van der Waals surface area contributed by atoms with E-state index in [0.29, 0.717) is 0 Å². The number of hydrogen-bond donors (Lipinski definition) is 2. The highest BCUT2D eigenvalue weighted by molar-refractivity contribution is 6.58. The van der Waals surface area contributed by atoms with E-state index >= 15 is 0 Å². The van der Waals surface area contributed by atoms with Gasteiger partial charge in [0.05, 0.1) is 0 Å². The zero-order valence-electron chi connectivity index (χ0n) is 6.53. The first-order chi connectivity index (χ1) is 6.20. The molecule has 1 heterocycles. The maximum absolute atomic E-state index is 13.3. The lowest BCUT2D eigenvalue weighted by Gasteiger charge is -2.03. The van der Waals surface area contributed by atoms with E-state index in [4.69, 9.17) is 19.5 Å². The molecule has 0 saturated heterocycles. The number of benzene rings is 1. The summed E-state index contributed by atoms with van der Waals surface area (Å²) in [6.45, 7) is -0.0444. The zero-order valence-corrected chi connectivity index (χ0v) is 6.53. The average molecular weight is 184 g/mol. The van der Waals surface area contributed by atoms with Crippen LogP contribution in [0.5, 0.6) is 11.5 Å². The topological polar surface area (TPSA) is 58.9 Å². The summed E-state index contributed by atoms with van der Waals surface area (Å²) < 4.78 is 23.0. The van der Waals surface area contributed by atoms with E-state index < -0.39 is 12.9 Å². The van der Waals surface area contributed by atoms with Crippen molar-refractivity contribution in [3.63, 3.8) is 0 Å². The molecule has 0 radical (unpaired) electrons. The number of rotatable bonds is 1. The van der Waals surface area contributed by atoms with Crippen molar-refractivity contribution in [1.29, 1.82) is 0 Å². The van der Waals surface area contributed by atoms with E-state index in [1.54, 1.807) is 0 Å². The molecule has 0 fully saturated rings. The molecule has 0 bridgehead atoms. The second kappa shape index (κ2) is 2.90. The molecule has 0 saturated carbocycles. The second-order valence-electron chi connectivity index (χ2n) is 2.58. The van der Waals surface area contributed by atoms with E-state index in [1.807, 2.05) is 0 Å². The van der Waals surface area contributed by atoms with Gasteiger partial charge < -0.3 is 19.5 Å². The van der Waals surface area contributed by atoms with Crippen molar-refractivity contribution in [2.24, 2.45) is 0 Å². The van der Waals surface area contributed by atoms with Gasteiger partial charge in [0.1, 0.15) is 0 Å². The van der Waals surface area contributed by atoms with E-state index in [1.165, 1.54) is 12.1 Å². The molecule has 2 N–H and O–H groups in total. The van der Waals surface area contributed by atoms with Crippen molar-refractivity contribution < 1.29 is 23.9 Å². The van der Waals surface area contributed by atoms with Crippen molar-refractivity contribution in [2.45, 2.75) is 0 Å². The largest absolute Gasteiger partial charge is 0.491 e. The molecule has 0 aromatic heterocycles. The van der Waals surface area contributed by atoms with Gasteiger partial charge in [0, 0.05) is 5.46 Å². The summed E-state index contributed by atoms with van der Waals surface area (Å²) in [6, 6.07) is 2.67. The van der Waals surface area contributed by atoms with Crippen LogP contribution in [-0.2, 0) is 0 Å². The number of ether oxygens (including phenoxy) is 2.